The predicted octanol–water partition coefficient (Wildman–Crippen LogP) is 1.50. The fourth-order valence-electron chi connectivity index (χ4n) is 1.08. The molecule has 1 aromatic carbocycles. The summed E-state index contributed by atoms with van der Waals surface area (Å²) in [5.41, 5.74) is 1.66. The Labute approximate surface area is 68.7 Å². The van der Waals surface area contributed by atoms with Gasteiger partial charge < -0.3 is 4.42 Å². The monoisotopic (exact) mass is 161 g/mol. The van der Waals surface area contributed by atoms with Crippen molar-refractivity contribution < 1.29 is 4.42 Å². The van der Waals surface area contributed by atoms with E-state index in [9.17, 15) is 4.79 Å². The van der Waals surface area contributed by atoms with Gasteiger partial charge in [0.05, 0.1) is 0 Å². The number of hydrogen-bond acceptors (Lipinski definition) is 3. The molecule has 3 heteroatoms. The van der Waals surface area contributed by atoms with E-state index in [1.165, 1.54) is 6.20 Å². The molecule has 0 N–H and O–H groups in total. The molecule has 0 fully saturated rings. The largest absolute Gasteiger partial charge is 0.439 e. The van der Waals surface area contributed by atoms with Crippen molar-refractivity contribution in [3.63, 3.8) is 0 Å². The zero-order valence-corrected chi connectivity index (χ0v) is 6.57. The predicted molar refractivity (Wildman–Crippen MR) is 45.0 cm³/mol. The van der Waals surface area contributed by atoms with Crippen molar-refractivity contribution >= 4 is 11.0 Å². The molecule has 0 aliphatic heterocycles. The number of aryl methyl sites for hydroxylation is 1. The van der Waals surface area contributed by atoms with Crippen LogP contribution in [0.15, 0.2) is 33.6 Å². The van der Waals surface area contributed by atoms with Gasteiger partial charge in [0.2, 0.25) is 0 Å². The highest BCUT2D eigenvalue weighted by molar-refractivity contribution is 5.75. The van der Waals surface area contributed by atoms with E-state index in [0.717, 1.165) is 10.9 Å². The average molecular weight is 161 g/mol. The topological polar surface area (TPSA) is 43.1 Å². The van der Waals surface area contributed by atoms with Gasteiger partial charge in [0.15, 0.2) is 0 Å². The first-order valence-corrected chi connectivity index (χ1v) is 3.62. The van der Waals surface area contributed by atoms with Gasteiger partial charge in [-0.05, 0) is 24.6 Å². The Hall–Kier alpha value is -1.64. The Morgan fingerprint density at radius 1 is 1.42 bits per heavy atom. The molecular formula is C9H7NO2. The number of benzene rings is 1. The summed E-state index contributed by atoms with van der Waals surface area (Å²) in [5.74, 6) is -0.548. The summed E-state index contributed by atoms with van der Waals surface area (Å²) in [7, 11) is 0. The maximum absolute atomic E-state index is 10.7. The third-order valence-corrected chi connectivity index (χ3v) is 1.68. The van der Waals surface area contributed by atoms with Gasteiger partial charge in [-0.15, -0.1) is 0 Å². The van der Waals surface area contributed by atoms with Crippen LogP contribution in [0.2, 0.25) is 0 Å². The van der Waals surface area contributed by atoms with Crippen LogP contribution in [0.1, 0.15) is 5.56 Å². The highest BCUT2D eigenvalue weighted by Gasteiger charge is 1.96. The van der Waals surface area contributed by atoms with Gasteiger partial charge >= 0.3 is 5.76 Å². The number of rotatable bonds is 0. The first kappa shape index (κ1) is 7.03. The standard InChI is InChI=1S/C9H7NO2/c1-6-2-3-7-5-10-9(11)12-8(7)4-6/h2-5H,1H3. The smallest absolute Gasteiger partial charge is 0.408 e. The molecular weight excluding hydrogens is 154 g/mol. The summed E-state index contributed by atoms with van der Waals surface area (Å²) >= 11 is 0. The molecule has 2 aromatic rings. The lowest BCUT2D eigenvalue weighted by Gasteiger charge is -1.94. The van der Waals surface area contributed by atoms with E-state index >= 15 is 0 Å². The Bertz CT molecular complexity index is 473. The second-order valence-electron chi connectivity index (χ2n) is 2.67. The highest BCUT2D eigenvalue weighted by Crippen LogP contribution is 2.11. The maximum Gasteiger partial charge on any atom is 0.439 e. The molecule has 0 saturated carbocycles. The first-order valence-electron chi connectivity index (χ1n) is 3.62. The van der Waals surface area contributed by atoms with E-state index in [4.69, 9.17) is 4.42 Å². The lowest BCUT2D eigenvalue weighted by molar-refractivity contribution is 0.531. The molecule has 0 aliphatic carbocycles. The summed E-state index contributed by atoms with van der Waals surface area (Å²) in [6.45, 7) is 1.94. The van der Waals surface area contributed by atoms with Crippen molar-refractivity contribution in [1.29, 1.82) is 0 Å². The van der Waals surface area contributed by atoms with Crippen molar-refractivity contribution in [1.82, 2.24) is 4.98 Å². The van der Waals surface area contributed by atoms with Crippen molar-refractivity contribution in [3.8, 4) is 0 Å². The minimum absolute atomic E-state index is 0.548. The molecule has 0 unspecified atom stereocenters. The zero-order chi connectivity index (χ0) is 8.55. The van der Waals surface area contributed by atoms with Gasteiger partial charge in [-0.3, -0.25) is 0 Å². The van der Waals surface area contributed by atoms with Crippen LogP contribution < -0.4 is 5.76 Å². The number of nitrogens with zero attached hydrogens (tertiary/aromatic N) is 1. The summed E-state index contributed by atoms with van der Waals surface area (Å²) in [5, 5.41) is 0.847. The van der Waals surface area contributed by atoms with Crippen LogP contribution >= 0.6 is 0 Å². The lowest BCUT2D eigenvalue weighted by atomic mass is 10.2. The number of aromatic nitrogens is 1. The highest BCUT2D eigenvalue weighted by atomic mass is 16.4. The molecule has 3 nitrogen and oxygen atoms in total. The molecule has 0 saturated heterocycles. The molecule has 60 valence electrons. The molecule has 0 atom stereocenters. The normalized spacial score (nSPS) is 10.4. The Morgan fingerprint density at radius 3 is 3.08 bits per heavy atom. The molecule has 1 heterocycles. The quantitative estimate of drug-likeness (QED) is 0.588. The van der Waals surface area contributed by atoms with Crippen molar-refractivity contribution in [3.05, 3.63) is 40.5 Å². The van der Waals surface area contributed by atoms with Gasteiger partial charge in [-0.2, -0.15) is 4.98 Å². The second kappa shape index (κ2) is 2.44. The fourth-order valence-corrected chi connectivity index (χ4v) is 1.08. The van der Waals surface area contributed by atoms with Gasteiger partial charge in [-0.1, -0.05) is 6.07 Å². The maximum atomic E-state index is 10.7. The van der Waals surface area contributed by atoms with Crippen molar-refractivity contribution in [2.24, 2.45) is 0 Å². The molecule has 2 rings (SSSR count). The Balaban J connectivity index is 2.89. The SMILES string of the molecule is Cc1ccc2cnc(=O)oc2c1. The van der Waals surface area contributed by atoms with E-state index in [2.05, 4.69) is 4.98 Å². The number of hydrogen-bond donors (Lipinski definition) is 0. The van der Waals surface area contributed by atoms with Crippen LogP contribution in [-0.2, 0) is 0 Å². The van der Waals surface area contributed by atoms with Crippen LogP contribution in [0.4, 0.5) is 0 Å². The van der Waals surface area contributed by atoms with Crippen LogP contribution in [0.3, 0.4) is 0 Å². The third-order valence-electron chi connectivity index (χ3n) is 1.68. The van der Waals surface area contributed by atoms with Gasteiger partial charge in [-0.25, -0.2) is 4.79 Å². The molecule has 0 amide bonds. The van der Waals surface area contributed by atoms with E-state index in [1.807, 2.05) is 25.1 Å². The van der Waals surface area contributed by atoms with Gasteiger partial charge in [0.1, 0.15) is 5.58 Å². The molecule has 0 radical (unpaired) electrons. The van der Waals surface area contributed by atoms with Crippen LogP contribution in [0, 0.1) is 6.92 Å². The van der Waals surface area contributed by atoms with Crippen LogP contribution in [0.5, 0.6) is 0 Å². The first-order chi connectivity index (χ1) is 5.75. The summed E-state index contributed by atoms with van der Waals surface area (Å²) in [4.78, 5) is 14.2. The van der Waals surface area contributed by atoms with Crippen molar-refractivity contribution in [2.45, 2.75) is 6.92 Å². The zero-order valence-electron chi connectivity index (χ0n) is 6.57. The lowest BCUT2D eigenvalue weighted by Crippen LogP contribution is -2.01. The Morgan fingerprint density at radius 2 is 2.25 bits per heavy atom. The van der Waals surface area contributed by atoms with E-state index in [1.54, 1.807) is 0 Å². The second-order valence-corrected chi connectivity index (χ2v) is 2.67. The molecule has 0 bridgehead atoms. The van der Waals surface area contributed by atoms with E-state index in [0.29, 0.717) is 5.58 Å². The van der Waals surface area contributed by atoms with Gasteiger partial charge in [0, 0.05) is 11.6 Å². The summed E-state index contributed by atoms with van der Waals surface area (Å²) < 4.78 is 4.88. The van der Waals surface area contributed by atoms with Crippen LogP contribution in [-0.4, -0.2) is 4.98 Å². The molecule has 1 aromatic heterocycles. The molecule has 12 heavy (non-hydrogen) atoms. The summed E-state index contributed by atoms with van der Waals surface area (Å²) in [6.07, 6.45) is 1.51. The summed E-state index contributed by atoms with van der Waals surface area (Å²) in [6, 6.07) is 5.64. The minimum atomic E-state index is -0.548. The van der Waals surface area contributed by atoms with Crippen molar-refractivity contribution in [2.75, 3.05) is 0 Å². The van der Waals surface area contributed by atoms with Gasteiger partial charge in [0.25, 0.3) is 0 Å². The van der Waals surface area contributed by atoms with E-state index in [-0.39, 0.29) is 0 Å². The minimum Gasteiger partial charge on any atom is -0.408 e. The Kier molecular flexibility index (Phi) is 1.43. The van der Waals surface area contributed by atoms with E-state index < -0.39 is 5.76 Å². The average Bonchev–Trinajstić information content (AvgIpc) is 2.03. The third kappa shape index (κ3) is 1.09. The molecule has 0 aliphatic rings. The fraction of sp³-hybridized carbons (Fsp3) is 0.111. The number of fused-ring (bicyclic) bond motifs is 1. The van der Waals surface area contributed by atoms with Crippen LogP contribution in [0.25, 0.3) is 11.0 Å². The molecule has 0 spiro atoms.